The molecule has 134 valence electrons. The first kappa shape index (κ1) is 18.7. The van der Waals surface area contributed by atoms with Gasteiger partial charge < -0.3 is 15.4 Å². The van der Waals surface area contributed by atoms with Gasteiger partial charge in [0.2, 0.25) is 0 Å². The van der Waals surface area contributed by atoms with Crippen LogP contribution in [0, 0.1) is 0 Å². The van der Waals surface area contributed by atoms with Crippen LogP contribution >= 0.6 is 39.7 Å². The first-order chi connectivity index (χ1) is 12.5. The number of ether oxygens (including phenoxy) is 1. The van der Waals surface area contributed by atoms with E-state index in [1.165, 1.54) is 0 Å². The van der Waals surface area contributed by atoms with E-state index in [1.807, 2.05) is 23.0 Å². The van der Waals surface area contributed by atoms with Gasteiger partial charge in [-0.2, -0.15) is 5.10 Å². The lowest BCUT2D eigenvalue weighted by atomic mass is 10.2. The van der Waals surface area contributed by atoms with Crippen LogP contribution in [0.2, 0.25) is 5.02 Å². The number of anilines is 2. The third kappa shape index (κ3) is 4.97. The van der Waals surface area contributed by atoms with Crippen LogP contribution in [-0.2, 0) is 6.54 Å². The van der Waals surface area contributed by atoms with Gasteiger partial charge in [-0.05, 0) is 48.1 Å². The predicted octanol–water partition coefficient (Wildman–Crippen LogP) is 5.16. The van der Waals surface area contributed by atoms with Crippen molar-refractivity contribution in [2.75, 3.05) is 17.7 Å². The smallest absolute Gasteiger partial charge is 0.175 e. The molecule has 8 heteroatoms. The van der Waals surface area contributed by atoms with E-state index >= 15 is 0 Å². The van der Waals surface area contributed by atoms with Crippen LogP contribution in [0.25, 0.3) is 0 Å². The molecule has 0 saturated heterocycles. The Labute approximate surface area is 170 Å². The number of hydrogen-bond donors (Lipinski definition) is 2. The molecule has 5 nitrogen and oxygen atoms in total. The Morgan fingerprint density at radius 3 is 2.73 bits per heavy atom. The maximum atomic E-state index is 6.03. The minimum Gasteiger partial charge on any atom is -0.495 e. The van der Waals surface area contributed by atoms with Crippen molar-refractivity contribution in [1.82, 2.24) is 9.78 Å². The zero-order valence-corrected chi connectivity index (χ0v) is 17.0. The number of thiocarbonyl (C=S) groups is 1. The van der Waals surface area contributed by atoms with Crippen molar-refractivity contribution < 1.29 is 4.74 Å². The van der Waals surface area contributed by atoms with E-state index in [9.17, 15) is 0 Å². The molecule has 0 atom stereocenters. The molecule has 3 rings (SSSR count). The zero-order valence-electron chi connectivity index (χ0n) is 13.9. The first-order valence-electron chi connectivity index (χ1n) is 7.72. The molecule has 0 bridgehead atoms. The lowest BCUT2D eigenvalue weighted by Crippen LogP contribution is -2.19. The van der Waals surface area contributed by atoms with Crippen LogP contribution in [0.4, 0.5) is 11.4 Å². The normalized spacial score (nSPS) is 10.4. The molecule has 0 aliphatic heterocycles. The van der Waals surface area contributed by atoms with Crippen LogP contribution in [0.5, 0.6) is 5.75 Å². The molecule has 1 heterocycles. The highest BCUT2D eigenvalue weighted by molar-refractivity contribution is 9.10. The van der Waals surface area contributed by atoms with E-state index in [-0.39, 0.29) is 0 Å². The molecule has 26 heavy (non-hydrogen) atoms. The molecule has 0 spiro atoms. The number of hydrogen-bond acceptors (Lipinski definition) is 3. The highest BCUT2D eigenvalue weighted by atomic mass is 79.9. The molecule has 0 amide bonds. The SMILES string of the molecule is COc1ccc(Cl)cc1NC(=S)Nc1cnn(Cc2ccc(Br)cc2)c1. The van der Waals surface area contributed by atoms with Crippen molar-refractivity contribution in [1.29, 1.82) is 0 Å². The second-order valence-corrected chi connectivity index (χ2v) is 7.24. The summed E-state index contributed by atoms with van der Waals surface area (Å²) in [6, 6.07) is 13.4. The van der Waals surface area contributed by atoms with Gasteiger partial charge in [0.1, 0.15) is 5.75 Å². The summed E-state index contributed by atoms with van der Waals surface area (Å²) in [5.41, 5.74) is 2.65. The Morgan fingerprint density at radius 2 is 2.00 bits per heavy atom. The summed E-state index contributed by atoms with van der Waals surface area (Å²) in [5, 5.41) is 11.6. The number of benzene rings is 2. The number of aromatic nitrogens is 2. The average molecular weight is 452 g/mol. The van der Waals surface area contributed by atoms with Gasteiger partial charge in [-0.25, -0.2) is 0 Å². The minimum absolute atomic E-state index is 0.425. The summed E-state index contributed by atoms with van der Waals surface area (Å²) in [6.07, 6.45) is 3.62. The van der Waals surface area contributed by atoms with E-state index in [0.29, 0.717) is 28.1 Å². The van der Waals surface area contributed by atoms with E-state index < -0.39 is 0 Å². The Balaban J connectivity index is 1.62. The monoisotopic (exact) mass is 450 g/mol. The molecule has 2 aromatic carbocycles. The molecule has 0 unspecified atom stereocenters. The van der Waals surface area contributed by atoms with Gasteiger partial charge in [-0.3, -0.25) is 4.68 Å². The summed E-state index contributed by atoms with van der Waals surface area (Å²) in [4.78, 5) is 0. The van der Waals surface area contributed by atoms with Crippen LogP contribution in [0.3, 0.4) is 0 Å². The second-order valence-electron chi connectivity index (χ2n) is 5.48. The molecule has 2 N–H and O–H groups in total. The van der Waals surface area contributed by atoms with Gasteiger partial charge in [0.05, 0.1) is 31.2 Å². The van der Waals surface area contributed by atoms with Crippen molar-refractivity contribution in [3.05, 3.63) is 69.9 Å². The standard InChI is InChI=1S/C18H16BrClN4OS/c1-25-17-7-6-14(20)8-16(17)23-18(26)22-15-9-21-24(11-15)10-12-2-4-13(19)5-3-12/h2-9,11H,10H2,1H3,(H2,22,23,26). The molecule has 0 fully saturated rings. The number of rotatable bonds is 5. The third-order valence-corrected chi connectivity index (χ3v) is 4.53. The molecular weight excluding hydrogens is 436 g/mol. The van der Waals surface area contributed by atoms with Crippen LogP contribution in [0.1, 0.15) is 5.56 Å². The summed E-state index contributed by atoms with van der Waals surface area (Å²) < 4.78 is 8.20. The first-order valence-corrected chi connectivity index (χ1v) is 9.30. The van der Waals surface area contributed by atoms with E-state index in [1.54, 1.807) is 31.5 Å². The Bertz CT molecular complexity index is 914. The second kappa shape index (κ2) is 8.53. The van der Waals surface area contributed by atoms with Gasteiger partial charge in [0, 0.05) is 15.7 Å². The fraction of sp³-hybridized carbons (Fsp3) is 0.111. The van der Waals surface area contributed by atoms with E-state index in [0.717, 1.165) is 15.7 Å². The van der Waals surface area contributed by atoms with Crippen molar-refractivity contribution in [2.45, 2.75) is 6.54 Å². The zero-order chi connectivity index (χ0) is 18.5. The van der Waals surface area contributed by atoms with Crippen molar-refractivity contribution in [3.8, 4) is 5.75 Å². The molecule has 0 saturated carbocycles. The quantitative estimate of drug-likeness (QED) is 0.524. The largest absolute Gasteiger partial charge is 0.495 e. The van der Waals surface area contributed by atoms with E-state index in [2.05, 4.69) is 43.8 Å². The molecule has 0 radical (unpaired) electrons. The van der Waals surface area contributed by atoms with Crippen molar-refractivity contribution >= 4 is 56.2 Å². The molecule has 3 aromatic rings. The summed E-state index contributed by atoms with van der Waals surface area (Å²) in [5.74, 6) is 0.657. The van der Waals surface area contributed by atoms with Crippen LogP contribution in [0.15, 0.2) is 59.3 Å². The Hall–Kier alpha value is -2.09. The van der Waals surface area contributed by atoms with Gasteiger partial charge in [0.15, 0.2) is 5.11 Å². The molecule has 1 aromatic heterocycles. The molecular formula is C18H16BrClN4OS. The van der Waals surface area contributed by atoms with E-state index in [4.69, 9.17) is 28.6 Å². The van der Waals surface area contributed by atoms with Gasteiger partial charge in [-0.1, -0.05) is 39.7 Å². The predicted molar refractivity (Wildman–Crippen MR) is 113 cm³/mol. The van der Waals surface area contributed by atoms with Crippen molar-refractivity contribution in [3.63, 3.8) is 0 Å². The number of methoxy groups -OCH3 is 1. The average Bonchev–Trinajstić information content (AvgIpc) is 3.04. The van der Waals surface area contributed by atoms with Crippen LogP contribution in [-0.4, -0.2) is 22.0 Å². The lowest BCUT2D eigenvalue weighted by Gasteiger charge is -2.12. The van der Waals surface area contributed by atoms with Crippen LogP contribution < -0.4 is 15.4 Å². The summed E-state index contributed by atoms with van der Waals surface area (Å²) in [7, 11) is 1.59. The Kier molecular flexibility index (Phi) is 6.13. The maximum Gasteiger partial charge on any atom is 0.175 e. The number of nitrogens with one attached hydrogen (secondary N) is 2. The fourth-order valence-corrected chi connectivity index (χ4v) is 3.02. The number of halogens is 2. The minimum atomic E-state index is 0.425. The summed E-state index contributed by atoms with van der Waals surface area (Å²) in [6.45, 7) is 0.678. The topological polar surface area (TPSA) is 51.1 Å². The third-order valence-electron chi connectivity index (χ3n) is 3.56. The summed E-state index contributed by atoms with van der Waals surface area (Å²) >= 11 is 14.8. The molecule has 0 aliphatic carbocycles. The lowest BCUT2D eigenvalue weighted by molar-refractivity contribution is 0.417. The van der Waals surface area contributed by atoms with Crippen molar-refractivity contribution in [2.24, 2.45) is 0 Å². The number of nitrogens with zero attached hydrogens (tertiary/aromatic N) is 2. The fourth-order valence-electron chi connectivity index (χ4n) is 2.35. The van der Waals surface area contributed by atoms with Gasteiger partial charge in [-0.15, -0.1) is 0 Å². The van der Waals surface area contributed by atoms with Gasteiger partial charge >= 0.3 is 0 Å². The maximum absolute atomic E-state index is 6.03. The highest BCUT2D eigenvalue weighted by Crippen LogP contribution is 2.27. The Morgan fingerprint density at radius 1 is 1.23 bits per heavy atom. The van der Waals surface area contributed by atoms with Gasteiger partial charge in [0.25, 0.3) is 0 Å². The highest BCUT2D eigenvalue weighted by Gasteiger charge is 2.07. The molecule has 0 aliphatic rings.